The summed E-state index contributed by atoms with van der Waals surface area (Å²) in [6.45, 7) is 2.31. The number of piperazine rings is 1. The van der Waals surface area contributed by atoms with Gasteiger partial charge in [0.2, 0.25) is 6.41 Å². The number of aromatic nitrogens is 1. The Morgan fingerprint density at radius 1 is 1.39 bits per heavy atom. The molecule has 2 rings (SSSR count). The largest absolute Gasteiger partial charge is 0.372 e. The molecule has 0 saturated carbocycles. The molecule has 1 aliphatic rings. The van der Waals surface area contributed by atoms with Crippen LogP contribution in [0.1, 0.15) is 10.4 Å². The molecule has 0 radical (unpaired) electrons. The number of hydrogen-bond donors (Lipinski definition) is 1. The molecule has 6 nitrogen and oxygen atoms in total. The molecular weight excluding hydrogens is 232 g/mol. The highest BCUT2D eigenvalue weighted by Crippen LogP contribution is 2.14. The van der Waals surface area contributed by atoms with E-state index in [1.54, 1.807) is 35.2 Å². The zero-order valence-corrected chi connectivity index (χ0v) is 10.3. The van der Waals surface area contributed by atoms with Crippen molar-refractivity contribution >= 4 is 18.1 Å². The molecule has 2 amide bonds. The fraction of sp³-hybridized carbons (Fsp3) is 0.417. The molecular formula is C12H16N4O2. The van der Waals surface area contributed by atoms with Crippen molar-refractivity contribution in [2.45, 2.75) is 0 Å². The van der Waals surface area contributed by atoms with Crippen LogP contribution in [-0.4, -0.2) is 60.3 Å². The first kappa shape index (κ1) is 12.3. The van der Waals surface area contributed by atoms with E-state index in [0.29, 0.717) is 37.6 Å². The molecule has 0 bridgehead atoms. The molecule has 1 saturated heterocycles. The lowest BCUT2D eigenvalue weighted by Crippen LogP contribution is -2.48. The van der Waals surface area contributed by atoms with Crippen molar-refractivity contribution in [2.75, 3.05) is 38.5 Å². The van der Waals surface area contributed by atoms with E-state index in [1.807, 2.05) is 0 Å². The summed E-state index contributed by atoms with van der Waals surface area (Å²) in [4.78, 5) is 30.5. The molecule has 0 spiro atoms. The molecule has 2 heterocycles. The minimum atomic E-state index is -0.0435. The van der Waals surface area contributed by atoms with Crippen LogP contribution in [0.5, 0.6) is 0 Å². The van der Waals surface area contributed by atoms with Crippen LogP contribution < -0.4 is 5.32 Å². The van der Waals surface area contributed by atoms with E-state index in [9.17, 15) is 9.59 Å². The summed E-state index contributed by atoms with van der Waals surface area (Å²) in [5.41, 5.74) is 0.569. The van der Waals surface area contributed by atoms with Crippen LogP contribution in [0.3, 0.4) is 0 Å². The number of pyridine rings is 1. The zero-order valence-electron chi connectivity index (χ0n) is 10.3. The molecule has 1 N–H and O–H groups in total. The summed E-state index contributed by atoms with van der Waals surface area (Å²) < 4.78 is 0. The third-order valence-electron chi connectivity index (χ3n) is 3.03. The number of rotatable bonds is 3. The SMILES string of the molecule is CNc1ncccc1C(=O)N1CCN(C=O)CC1. The van der Waals surface area contributed by atoms with Crippen LogP contribution in [-0.2, 0) is 4.79 Å². The van der Waals surface area contributed by atoms with Crippen molar-refractivity contribution in [2.24, 2.45) is 0 Å². The minimum Gasteiger partial charge on any atom is -0.372 e. The topological polar surface area (TPSA) is 65.5 Å². The summed E-state index contributed by atoms with van der Waals surface area (Å²) in [6.07, 6.45) is 2.47. The van der Waals surface area contributed by atoms with E-state index >= 15 is 0 Å². The van der Waals surface area contributed by atoms with Gasteiger partial charge in [-0.2, -0.15) is 0 Å². The second kappa shape index (κ2) is 5.48. The third kappa shape index (κ3) is 2.42. The van der Waals surface area contributed by atoms with Gasteiger partial charge in [-0.3, -0.25) is 9.59 Å². The normalized spacial score (nSPS) is 15.4. The van der Waals surface area contributed by atoms with E-state index < -0.39 is 0 Å². The van der Waals surface area contributed by atoms with Crippen molar-refractivity contribution in [1.29, 1.82) is 0 Å². The van der Waals surface area contributed by atoms with Gasteiger partial charge < -0.3 is 15.1 Å². The molecule has 0 aromatic carbocycles. The van der Waals surface area contributed by atoms with Crippen LogP contribution in [0.4, 0.5) is 5.82 Å². The summed E-state index contributed by atoms with van der Waals surface area (Å²) in [6, 6.07) is 3.50. The zero-order chi connectivity index (χ0) is 13.0. The average Bonchev–Trinajstić information content (AvgIpc) is 2.46. The molecule has 0 aliphatic carbocycles. The lowest BCUT2D eigenvalue weighted by atomic mass is 10.2. The predicted octanol–water partition coefficient (Wildman–Crippen LogP) is 0.0375. The number of carbonyl (C=O) groups excluding carboxylic acids is 2. The number of amides is 2. The smallest absolute Gasteiger partial charge is 0.257 e. The first-order valence-corrected chi connectivity index (χ1v) is 5.87. The standard InChI is InChI=1S/C12H16N4O2/c1-13-11-10(3-2-4-14-11)12(18)16-7-5-15(9-17)6-8-16/h2-4,9H,5-8H2,1H3,(H,13,14). The highest BCUT2D eigenvalue weighted by molar-refractivity contribution is 5.98. The van der Waals surface area contributed by atoms with Crippen LogP contribution in [0, 0.1) is 0 Å². The lowest BCUT2D eigenvalue weighted by molar-refractivity contribution is -0.119. The average molecular weight is 248 g/mol. The van der Waals surface area contributed by atoms with Gasteiger partial charge in [-0.1, -0.05) is 0 Å². The quantitative estimate of drug-likeness (QED) is 0.767. The van der Waals surface area contributed by atoms with Crippen molar-refractivity contribution in [3.63, 3.8) is 0 Å². The molecule has 1 aromatic heterocycles. The third-order valence-corrected chi connectivity index (χ3v) is 3.03. The Morgan fingerprint density at radius 3 is 2.72 bits per heavy atom. The van der Waals surface area contributed by atoms with Gasteiger partial charge in [-0.05, 0) is 12.1 Å². The molecule has 0 atom stereocenters. The maximum Gasteiger partial charge on any atom is 0.257 e. The fourth-order valence-corrected chi connectivity index (χ4v) is 1.98. The highest BCUT2D eigenvalue weighted by atomic mass is 16.2. The first-order valence-electron chi connectivity index (χ1n) is 5.87. The van der Waals surface area contributed by atoms with Crippen molar-refractivity contribution < 1.29 is 9.59 Å². The Hall–Kier alpha value is -2.11. The molecule has 18 heavy (non-hydrogen) atoms. The van der Waals surface area contributed by atoms with E-state index in [2.05, 4.69) is 10.3 Å². The second-order valence-electron chi connectivity index (χ2n) is 4.08. The summed E-state index contributed by atoms with van der Waals surface area (Å²) in [5.74, 6) is 0.540. The Labute approximate surface area is 106 Å². The predicted molar refractivity (Wildman–Crippen MR) is 67.3 cm³/mol. The molecule has 96 valence electrons. The number of carbonyl (C=O) groups is 2. The number of nitrogens with zero attached hydrogens (tertiary/aromatic N) is 3. The lowest BCUT2D eigenvalue weighted by Gasteiger charge is -2.32. The molecule has 0 unspecified atom stereocenters. The molecule has 1 aromatic rings. The number of anilines is 1. The van der Waals surface area contributed by atoms with E-state index in [4.69, 9.17) is 0 Å². The van der Waals surface area contributed by atoms with Crippen LogP contribution in [0.15, 0.2) is 18.3 Å². The Bertz CT molecular complexity index is 441. The van der Waals surface area contributed by atoms with Crippen molar-refractivity contribution in [3.05, 3.63) is 23.9 Å². The Morgan fingerprint density at radius 2 is 2.11 bits per heavy atom. The molecule has 6 heteroatoms. The maximum atomic E-state index is 12.3. The van der Waals surface area contributed by atoms with Gasteiger partial charge in [0.1, 0.15) is 5.82 Å². The van der Waals surface area contributed by atoms with Gasteiger partial charge >= 0.3 is 0 Å². The van der Waals surface area contributed by atoms with Crippen LogP contribution >= 0.6 is 0 Å². The van der Waals surface area contributed by atoms with Crippen molar-refractivity contribution in [3.8, 4) is 0 Å². The van der Waals surface area contributed by atoms with E-state index in [-0.39, 0.29) is 5.91 Å². The Kier molecular flexibility index (Phi) is 3.76. The van der Waals surface area contributed by atoms with Gasteiger partial charge in [-0.15, -0.1) is 0 Å². The number of hydrogen-bond acceptors (Lipinski definition) is 4. The fourth-order valence-electron chi connectivity index (χ4n) is 1.98. The van der Waals surface area contributed by atoms with Gasteiger partial charge in [0, 0.05) is 39.4 Å². The summed E-state index contributed by atoms with van der Waals surface area (Å²) >= 11 is 0. The van der Waals surface area contributed by atoms with Gasteiger partial charge in [-0.25, -0.2) is 4.98 Å². The first-order chi connectivity index (χ1) is 8.76. The molecule has 1 aliphatic heterocycles. The number of nitrogens with one attached hydrogen (secondary N) is 1. The van der Waals surface area contributed by atoms with Crippen molar-refractivity contribution in [1.82, 2.24) is 14.8 Å². The van der Waals surface area contributed by atoms with Crippen LogP contribution in [0.2, 0.25) is 0 Å². The second-order valence-corrected chi connectivity index (χ2v) is 4.08. The Balaban J connectivity index is 2.10. The highest BCUT2D eigenvalue weighted by Gasteiger charge is 2.23. The van der Waals surface area contributed by atoms with E-state index in [1.165, 1.54) is 0 Å². The van der Waals surface area contributed by atoms with Gasteiger partial charge in [0.05, 0.1) is 5.56 Å². The maximum absolute atomic E-state index is 12.3. The van der Waals surface area contributed by atoms with Gasteiger partial charge in [0.15, 0.2) is 0 Å². The van der Waals surface area contributed by atoms with Gasteiger partial charge in [0.25, 0.3) is 5.91 Å². The van der Waals surface area contributed by atoms with Crippen LogP contribution in [0.25, 0.3) is 0 Å². The minimum absolute atomic E-state index is 0.0435. The monoisotopic (exact) mass is 248 g/mol. The summed E-state index contributed by atoms with van der Waals surface area (Å²) in [5, 5.41) is 2.91. The van der Waals surface area contributed by atoms with E-state index in [0.717, 1.165) is 6.41 Å². The molecule has 1 fully saturated rings. The summed E-state index contributed by atoms with van der Waals surface area (Å²) in [7, 11) is 1.74.